The zero-order valence-electron chi connectivity index (χ0n) is 14.6. The maximum atomic E-state index is 12.2. The van der Waals surface area contributed by atoms with Gasteiger partial charge in [-0.05, 0) is 18.6 Å². The Morgan fingerprint density at radius 3 is 2.58 bits per heavy atom. The summed E-state index contributed by atoms with van der Waals surface area (Å²) >= 11 is 0. The Morgan fingerprint density at radius 1 is 1.23 bits per heavy atom. The molecule has 2 aliphatic heterocycles. The predicted molar refractivity (Wildman–Crippen MR) is 95.2 cm³/mol. The molecule has 9 heteroatoms. The minimum atomic E-state index is -0.472. The molecule has 3 rings (SSSR count). The Hall–Kier alpha value is -2.23. The van der Waals surface area contributed by atoms with Crippen molar-refractivity contribution in [2.24, 2.45) is 5.92 Å². The quantitative estimate of drug-likeness (QED) is 0.585. The summed E-state index contributed by atoms with van der Waals surface area (Å²) in [6.07, 6.45) is 0.994. The van der Waals surface area contributed by atoms with Crippen LogP contribution in [0.2, 0.25) is 0 Å². The number of hydrogen-bond donors (Lipinski definition) is 2. The van der Waals surface area contributed by atoms with Gasteiger partial charge >= 0.3 is 6.03 Å². The molecular formula is C17H24N4O5. The van der Waals surface area contributed by atoms with E-state index < -0.39 is 4.92 Å². The first-order valence-corrected chi connectivity index (χ1v) is 8.82. The molecule has 0 aliphatic carbocycles. The number of carbonyl (C=O) groups excluding carboxylic acids is 1. The van der Waals surface area contributed by atoms with Gasteiger partial charge in [-0.15, -0.1) is 0 Å². The molecular weight excluding hydrogens is 340 g/mol. The molecule has 142 valence electrons. The van der Waals surface area contributed by atoms with E-state index in [2.05, 4.69) is 15.5 Å². The van der Waals surface area contributed by atoms with E-state index in [0.29, 0.717) is 38.0 Å². The van der Waals surface area contributed by atoms with E-state index in [9.17, 15) is 14.9 Å². The van der Waals surface area contributed by atoms with E-state index in [0.717, 1.165) is 26.1 Å². The lowest BCUT2D eigenvalue weighted by Gasteiger charge is -2.37. The van der Waals surface area contributed by atoms with Gasteiger partial charge in [-0.3, -0.25) is 15.0 Å². The van der Waals surface area contributed by atoms with Crippen LogP contribution in [0.5, 0.6) is 0 Å². The highest BCUT2D eigenvalue weighted by molar-refractivity contribution is 5.89. The number of carbonyl (C=O) groups is 1. The summed E-state index contributed by atoms with van der Waals surface area (Å²) in [5.74, 6) is 0.396. The molecule has 2 fully saturated rings. The Balaban J connectivity index is 1.53. The number of nitrogens with one attached hydrogen (secondary N) is 2. The van der Waals surface area contributed by atoms with Gasteiger partial charge in [0.1, 0.15) is 0 Å². The highest BCUT2D eigenvalue weighted by Gasteiger charge is 2.31. The number of morpholine rings is 1. The summed E-state index contributed by atoms with van der Waals surface area (Å²) in [6.45, 7) is 5.12. The number of ether oxygens (including phenoxy) is 2. The highest BCUT2D eigenvalue weighted by Crippen LogP contribution is 2.22. The average Bonchev–Trinajstić information content (AvgIpc) is 3.17. The van der Waals surface area contributed by atoms with Crippen LogP contribution in [0.4, 0.5) is 16.2 Å². The van der Waals surface area contributed by atoms with E-state index in [-0.39, 0.29) is 17.8 Å². The number of anilines is 1. The van der Waals surface area contributed by atoms with Crippen molar-refractivity contribution in [3.8, 4) is 0 Å². The first-order valence-electron chi connectivity index (χ1n) is 8.82. The number of urea groups is 1. The highest BCUT2D eigenvalue weighted by atomic mass is 16.6. The van der Waals surface area contributed by atoms with Gasteiger partial charge in [-0.2, -0.15) is 0 Å². The van der Waals surface area contributed by atoms with Crippen molar-refractivity contribution < 1.29 is 19.2 Å². The van der Waals surface area contributed by atoms with Crippen molar-refractivity contribution in [1.29, 1.82) is 0 Å². The van der Waals surface area contributed by atoms with Crippen LogP contribution in [0.1, 0.15) is 6.42 Å². The zero-order chi connectivity index (χ0) is 18.4. The molecule has 0 spiro atoms. The van der Waals surface area contributed by atoms with Crippen LogP contribution in [-0.2, 0) is 9.47 Å². The number of nitro benzene ring substituents is 1. The van der Waals surface area contributed by atoms with Crippen LogP contribution < -0.4 is 10.6 Å². The Bertz CT molecular complexity index is 612. The van der Waals surface area contributed by atoms with Gasteiger partial charge < -0.3 is 20.1 Å². The minimum absolute atomic E-state index is 0.00965. The van der Waals surface area contributed by atoms with Crippen LogP contribution >= 0.6 is 0 Å². The molecule has 0 radical (unpaired) electrons. The summed E-state index contributed by atoms with van der Waals surface area (Å²) in [7, 11) is 0. The Labute approximate surface area is 151 Å². The maximum absolute atomic E-state index is 12.2. The van der Waals surface area contributed by atoms with E-state index in [1.807, 2.05) is 0 Å². The van der Waals surface area contributed by atoms with Gasteiger partial charge in [0.05, 0.1) is 24.7 Å². The minimum Gasteiger partial charge on any atom is -0.381 e. The maximum Gasteiger partial charge on any atom is 0.319 e. The van der Waals surface area contributed by atoms with Crippen molar-refractivity contribution >= 4 is 17.4 Å². The Morgan fingerprint density at radius 2 is 1.96 bits per heavy atom. The molecule has 9 nitrogen and oxygen atoms in total. The van der Waals surface area contributed by atoms with Crippen molar-refractivity contribution in [3.63, 3.8) is 0 Å². The van der Waals surface area contributed by atoms with Crippen molar-refractivity contribution in [2.75, 3.05) is 51.4 Å². The average molecular weight is 364 g/mol. The third kappa shape index (κ3) is 4.90. The molecule has 26 heavy (non-hydrogen) atoms. The molecule has 2 saturated heterocycles. The van der Waals surface area contributed by atoms with Gasteiger partial charge in [-0.25, -0.2) is 4.79 Å². The Kier molecular flexibility index (Phi) is 6.37. The van der Waals surface area contributed by atoms with E-state index in [1.165, 1.54) is 24.3 Å². The standard InChI is InChI=1S/C17H24N4O5/c22-17(19-14-1-3-15(4-2-14)21(23)24)18-11-16(13-5-8-26-12-13)20-6-9-25-10-7-20/h1-4,13,16H,5-12H2,(H2,18,19,22)/t13-,16-/m0/s1. The second kappa shape index (κ2) is 8.93. The largest absolute Gasteiger partial charge is 0.381 e. The molecule has 0 unspecified atom stereocenters. The van der Waals surface area contributed by atoms with Crippen LogP contribution in [0, 0.1) is 16.0 Å². The van der Waals surface area contributed by atoms with E-state index >= 15 is 0 Å². The fourth-order valence-electron chi connectivity index (χ4n) is 3.40. The predicted octanol–water partition coefficient (Wildman–Crippen LogP) is 1.45. The summed E-state index contributed by atoms with van der Waals surface area (Å²) in [4.78, 5) is 24.8. The normalized spacial score (nSPS) is 21.9. The van der Waals surface area contributed by atoms with Gasteiger partial charge in [0.15, 0.2) is 0 Å². The van der Waals surface area contributed by atoms with Gasteiger partial charge in [0.25, 0.3) is 5.69 Å². The summed E-state index contributed by atoms with van der Waals surface area (Å²) in [5, 5.41) is 16.3. The fraction of sp³-hybridized carbons (Fsp3) is 0.588. The molecule has 2 amide bonds. The number of nitrogens with zero attached hydrogens (tertiary/aromatic N) is 2. The molecule has 0 bridgehead atoms. The van der Waals surface area contributed by atoms with Crippen LogP contribution in [0.3, 0.4) is 0 Å². The lowest BCUT2D eigenvalue weighted by Crippen LogP contribution is -2.52. The number of non-ortho nitro benzene ring substituents is 1. The molecule has 0 aromatic heterocycles. The van der Waals surface area contributed by atoms with Crippen molar-refractivity contribution in [1.82, 2.24) is 10.2 Å². The number of rotatable bonds is 6. The summed E-state index contributed by atoms with van der Waals surface area (Å²) < 4.78 is 10.9. The summed E-state index contributed by atoms with van der Waals surface area (Å²) in [5.41, 5.74) is 0.504. The zero-order valence-corrected chi connectivity index (χ0v) is 14.6. The lowest BCUT2D eigenvalue weighted by molar-refractivity contribution is -0.384. The smallest absolute Gasteiger partial charge is 0.319 e. The number of hydrogen-bond acceptors (Lipinski definition) is 6. The van der Waals surface area contributed by atoms with Crippen LogP contribution in [0.15, 0.2) is 24.3 Å². The molecule has 2 heterocycles. The molecule has 2 aliphatic rings. The second-order valence-corrected chi connectivity index (χ2v) is 6.48. The number of benzene rings is 1. The second-order valence-electron chi connectivity index (χ2n) is 6.48. The summed E-state index contributed by atoms with van der Waals surface area (Å²) in [6, 6.07) is 5.65. The first kappa shape index (κ1) is 18.6. The van der Waals surface area contributed by atoms with Crippen LogP contribution in [0.25, 0.3) is 0 Å². The van der Waals surface area contributed by atoms with Gasteiger partial charge in [0.2, 0.25) is 0 Å². The van der Waals surface area contributed by atoms with E-state index in [1.54, 1.807) is 0 Å². The van der Waals surface area contributed by atoms with Gasteiger partial charge in [0, 0.05) is 56.0 Å². The third-order valence-corrected chi connectivity index (χ3v) is 4.83. The van der Waals surface area contributed by atoms with Crippen molar-refractivity contribution in [3.05, 3.63) is 34.4 Å². The third-order valence-electron chi connectivity index (χ3n) is 4.83. The molecule has 2 N–H and O–H groups in total. The van der Waals surface area contributed by atoms with Crippen LogP contribution in [-0.4, -0.2) is 68.0 Å². The fourth-order valence-corrected chi connectivity index (χ4v) is 3.40. The van der Waals surface area contributed by atoms with Crippen molar-refractivity contribution in [2.45, 2.75) is 12.5 Å². The number of amides is 2. The number of nitro groups is 1. The lowest BCUT2D eigenvalue weighted by atomic mass is 9.97. The molecule has 0 saturated carbocycles. The van der Waals surface area contributed by atoms with Gasteiger partial charge in [-0.1, -0.05) is 0 Å². The first-order chi connectivity index (χ1) is 12.6. The molecule has 1 aromatic carbocycles. The SMILES string of the molecule is O=C(NC[C@@H]([C@H]1CCOC1)N1CCOCC1)Nc1ccc([N+](=O)[O-])cc1. The molecule has 1 aromatic rings. The van der Waals surface area contributed by atoms with E-state index in [4.69, 9.17) is 9.47 Å². The molecule has 2 atom stereocenters. The topological polar surface area (TPSA) is 106 Å². The monoisotopic (exact) mass is 364 g/mol.